The molecule has 0 amide bonds. The van der Waals surface area contributed by atoms with Gasteiger partial charge in [0.05, 0.1) is 19.3 Å². The summed E-state index contributed by atoms with van der Waals surface area (Å²) in [5, 5.41) is 0. The van der Waals surface area contributed by atoms with Crippen molar-refractivity contribution in [2.45, 2.75) is 31.9 Å². The molecule has 1 rings (SSSR count). The van der Waals surface area contributed by atoms with E-state index in [4.69, 9.17) is 0 Å². The summed E-state index contributed by atoms with van der Waals surface area (Å²) in [4.78, 5) is 0. The van der Waals surface area contributed by atoms with Crippen LogP contribution in [0.25, 0.3) is 0 Å². The van der Waals surface area contributed by atoms with Crippen LogP contribution in [0.3, 0.4) is 0 Å². The van der Waals surface area contributed by atoms with Crippen molar-refractivity contribution < 1.29 is 4.39 Å². The molecule has 0 aromatic carbocycles. The molecule has 0 atom stereocenters. The van der Waals surface area contributed by atoms with Crippen LogP contribution in [0.1, 0.15) is 25.7 Å². The summed E-state index contributed by atoms with van der Waals surface area (Å²) in [6.45, 7) is 0. The normalized spacial score (nSPS) is 24.1. The van der Waals surface area contributed by atoms with Gasteiger partial charge in [0.25, 0.3) is 0 Å². The first-order valence-electron chi connectivity index (χ1n) is 2.85. The Bertz CT molecular complexity index is 46.1. The van der Waals surface area contributed by atoms with Gasteiger partial charge >= 0.3 is 0 Å². The molecular formula is C6H10F+. The molecule has 0 aromatic heterocycles. The maximum atomic E-state index is 12.2. The van der Waals surface area contributed by atoms with Crippen LogP contribution in [-0.4, -0.2) is 6.17 Å². The molecular weight excluding hydrogens is 91.1 g/mol. The summed E-state index contributed by atoms with van der Waals surface area (Å²) >= 11 is 0. The Morgan fingerprint density at radius 2 is 1.86 bits per heavy atom. The molecule has 0 unspecified atom stereocenters. The van der Waals surface area contributed by atoms with Crippen LogP contribution in [0.2, 0.25) is 0 Å². The zero-order valence-corrected chi connectivity index (χ0v) is 4.36. The smallest absolute Gasteiger partial charge is 0.108 e. The van der Waals surface area contributed by atoms with Gasteiger partial charge in [0.1, 0.15) is 6.17 Å². The zero-order valence-electron chi connectivity index (χ0n) is 4.36. The average molecular weight is 101 g/mol. The molecule has 0 saturated heterocycles. The Morgan fingerprint density at radius 1 is 1.29 bits per heavy atom. The maximum Gasteiger partial charge on any atom is 0.108 e. The standard InChI is InChI=1S/C6H10F/c7-6-4-2-1-3-5-6/h1,6H,2-5H2/q+1. The van der Waals surface area contributed by atoms with E-state index >= 15 is 0 Å². The molecule has 0 N–H and O–H groups in total. The lowest BCUT2D eigenvalue weighted by molar-refractivity contribution is 0.274. The van der Waals surface area contributed by atoms with Crippen LogP contribution in [0.4, 0.5) is 4.39 Å². The molecule has 40 valence electrons. The van der Waals surface area contributed by atoms with Crippen molar-refractivity contribution in [1.82, 2.24) is 0 Å². The van der Waals surface area contributed by atoms with E-state index in [0.29, 0.717) is 0 Å². The van der Waals surface area contributed by atoms with Crippen LogP contribution in [0.15, 0.2) is 0 Å². The Kier molecular flexibility index (Phi) is 1.55. The SMILES string of the molecule is FC1CC[CH+]CC1. The highest BCUT2D eigenvalue weighted by atomic mass is 19.1. The van der Waals surface area contributed by atoms with Gasteiger partial charge in [0.2, 0.25) is 0 Å². The quantitative estimate of drug-likeness (QED) is 0.410. The molecule has 1 heteroatoms. The lowest BCUT2D eigenvalue weighted by atomic mass is 9.99. The maximum absolute atomic E-state index is 12.2. The van der Waals surface area contributed by atoms with Gasteiger partial charge in [-0.15, -0.1) is 0 Å². The summed E-state index contributed by atoms with van der Waals surface area (Å²) in [6.07, 6.45) is 5.17. The molecule has 1 fully saturated rings. The minimum Gasteiger partial charge on any atom is -0.247 e. The molecule has 0 aromatic rings. The van der Waals surface area contributed by atoms with E-state index in [1.807, 2.05) is 0 Å². The van der Waals surface area contributed by atoms with Gasteiger partial charge in [-0.3, -0.25) is 0 Å². The van der Waals surface area contributed by atoms with Gasteiger partial charge in [0.15, 0.2) is 0 Å². The van der Waals surface area contributed by atoms with Crippen LogP contribution in [0.5, 0.6) is 0 Å². The second kappa shape index (κ2) is 2.20. The summed E-state index contributed by atoms with van der Waals surface area (Å²) < 4.78 is 12.2. The average Bonchev–Trinajstić information content (AvgIpc) is 1.69. The van der Waals surface area contributed by atoms with Crippen LogP contribution < -0.4 is 0 Å². The Hall–Kier alpha value is -0.200. The zero-order chi connectivity index (χ0) is 5.11. The molecule has 0 radical (unpaired) electrons. The number of halogens is 1. The summed E-state index contributed by atoms with van der Waals surface area (Å²) in [5.41, 5.74) is 0. The molecule has 0 bridgehead atoms. The number of hydrogen-bond donors (Lipinski definition) is 0. The second-order valence-electron chi connectivity index (χ2n) is 2.04. The van der Waals surface area contributed by atoms with Crippen LogP contribution in [0, 0.1) is 6.42 Å². The lowest BCUT2D eigenvalue weighted by Crippen LogP contribution is -2.05. The van der Waals surface area contributed by atoms with E-state index in [2.05, 4.69) is 6.42 Å². The minimum atomic E-state index is -0.495. The lowest BCUT2D eigenvalue weighted by Gasteiger charge is -2.05. The Balaban J connectivity index is 2.12. The van der Waals surface area contributed by atoms with Gasteiger partial charge in [-0.1, -0.05) is 0 Å². The Morgan fingerprint density at radius 3 is 2.14 bits per heavy atom. The number of rotatable bonds is 0. The van der Waals surface area contributed by atoms with Crippen molar-refractivity contribution in [2.24, 2.45) is 0 Å². The highest BCUT2D eigenvalue weighted by Crippen LogP contribution is 2.18. The molecule has 7 heavy (non-hydrogen) atoms. The highest BCUT2D eigenvalue weighted by Gasteiger charge is 2.16. The van der Waals surface area contributed by atoms with Crippen LogP contribution in [-0.2, 0) is 0 Å². The first-order chi connectivity index (χ1) is 3.39. The summed E-state index contributed by atoms with van der Waals surface area (Å²) in [6, 6.07) is 0. The van der Waals surface area contributed by atoms with E-state index in [9.17, 15) is 4.39 Å². The van der Waals surface area contributed by atoms with Gasteiger partial charge in [0, 0.05) is 12.8 Å². The van der Waals surface area contributed by atoms with E-state index in [1.165, 1.54) is 0 Å². The molecule has 1 saturated carbocycles. The van der Waals surface area contributed by atoms with Crippen LogP contribution >= 0.6 is 0 Å². The van der Waals surface area contributed by atoms with E-state index in [1.54, 1.807) is 0 Å². The van der Waals surface area contributed by atoms with Gasteiger partial charge in [-0.2, -0.15) is 0 Å². The van der Waals surface area contributed by atoms with E-state index in [0.717, 1.165) is 25.7 Å². The van der Waals surface area contributed by atoms with Crippen molar-refractivity contribution in [2.75, 3.05) is 0 Å². The third-order valence-corrected chi connectivity index (χ3v) is 1.37. The van der Waals surface area contributed by atoms with Gasteiger partial charge in [-0.05, 0) is 0 Å². The number of hydrogen-bond acceptors (Lipinski definition) is 0. The van der Waals surface area contributed by atoms with Crippen molar-refractivity contribution in [1.29, 1.82) is 0 Å². The first kappa shape index (κ1) is 4.95. The molecule has 1 aliphatic rings. The Labute approximate surface area is 43.7 Å². The fourth-order valence-corrected chi connectivity index (χ4v) is 0.886. The minimum absolute atomic E-state index is 0.495. The predicted molar refractivity (Wildman–Crippen MR) is 27.7 cm³/mol. The monoisotopic (exact) mass is 101 g/mol. The number of alkyl halides is 1. The molecule has 0 nitrogen and oxygen atoms in total. The van der Waals surface area contributed by atoms with Crippen molar-refractivity contribution in [3.8, 4) is 0 Å². The highest BCUT2D eigenvalue weighted by molar-refractivity contribution is 4.75. The molecule has 0 spiro atoms. The van der Waals surface area contributed by atoms with E-state index < -0.39 is 6.17 Å². The topological polar surface area (TPSA) is 0 Å². The predicted octanol–water partition coefficient (Wildman–Crippen LogP) is 2.10. The van der Waals surface area contributed by atoms with E-state index in [-0.39, 0.29) is 0 Å². The third kappa shape index (κ3) is 1.38. The fraction of sp³-hybridized carbons (Fsp3) is 0.833. The molecule has 1 aliphatic carbocycles. The summed E-state index contributed by atoms with van der Waals surface area (Å²) in [5.74, 6) is 0. The van der Waals surface area contributed by atoms with Gasteiger partial charge in [-0.25, -0.2) is 4.39 Å². The molecule has 0 aliphatic heterocycles. The summed E-state index contributed by atoms with van der Waals surface area (Å²) in [7, 11) is 0. The fourth-order valence-electron chi connectivity index (χ4n) is 0.886. The first-order valence-corrected chi connectivity index (χ1v) is 2.85. The van der Waals surface area contributed by atoms with Crippen molar-refractivity contribution >= 4 is 0 Å². The molecule has 0 heterocycles. The largest absolute Gasteiger partial charge is 0.247 e. The van der Waals surface area contributed by atoms with Crippen molar-refractivity contribution in [3.63, 3.8) is 0 Å². The van der Waals surface area contributed by atoms with Gasteiger partial charge < -0.3 is 0 Å². The van der Waals surface area contributed by atoms with Crippen molar-refractivity contribution in [3.05, 3.63) is 6.42 Å². The second-order valence-corrected chi connectivity index (χ2v) is 2.04. The third-order valence-electron chi connectivity index (χ3n) is 1.37.